The van der Waals surface area contributed by atoms with Crippen LogP contribution >= 0.6 is 7.82 Å². The third-order valence-electron chi connectivity index (χ3n) is 12.6. The molecule has 2 atom stereocenters. The van der Waals surface area contributed by atoms with Crippen LogP contribution in [0.2, 0.25) is 0 Å². The maximum absolute atomic E-state index is 12.7. The number of ether oxygens (including phenoxy) is 2. The minimum atomic E-state index is -4.66. The van der Waals surface area contributed by atoms with E-state index in [1.165, 1.54) is 148 Å². The first-order chi connectivity index (χ1) is 36.0. The van der Waals surface area contributed by atoms with Crippen LogP contribution in [0, 0.1) is 0 Å². The number of hydrogen-bond donors (Lipinski definition) is 0. The minimum Gasteiger partial charge on any atom is -0.756 e. The molecule has 0 aromatic rings. The van der Waals surface area contributed by atoms with Gasteiger partial charge in [0, 0.05) is 12.8 Å². The lowest BCUT2D eigenvalue weighted by atomic mass is 10.0. The molecule has 0 aliphatic heterocycles. The molecule has 74 heavy (non-hydrogen) atoms. The number of phosphoric ester groups is 1. The van der Waals surface area contributed by atoms with Gasteiger partial charge < -0.3 is 27.9 Å². The number of esters is 2. The van der Waals surface area contributed by atoms with Gasteiger partial charge in [0.25, 0.3) is 7.82 Å². The van der Waals surface area contributed by atoms with Crippen LogP contribution in [0.25, 0.3) is 0 Å². The summed E-state index contributed by atoms with van der Waals surface area (Å²) in [5, 5.41) is 0. The highest BCUT2D eigenvalue weighted by molar-refractivity contribution is 7.45. The largest absolute Gasteiger partial charge is 0.756 e. The first-order valence-electron chi connectivity index (χ1n) is 29.9. The highest BCUT2D eigenvalue weighted by Crippen LogP contribution is 2.38. The van der Waals surface area contributed by atoms with E-state index in [9.17, 15) is 19.0 Å². The SMILES string of the molecule is CC/C=C\C/C=C\C/C=C\C/C=C\C/C=C\C/C=C\CCC(=O)OC(COC(=O)CCCCCCCCCCCCCCCCCCCCC/C=C\C/C=C\CCCCCCC)COP(=O)([O-])OCC[N+](C)(C)C. The Kier molecular flexibility index (Phi) is 52.4. The van der Waals surface area contributed by atoms with Crippen molar-refractivity contribution in [3.8, 4) is 0 Å². The van der Waals surface area contributed by atoms with Crippen LogP contribution in [0.3, 0.4) is 0 Å². The molecule has 0 saturated heterocycles. The summed E-state index contributed by atoms with van der Waals surface area (Å²) in [6.45, 7) is 4.03. The van der Waals surface area contributed by atoms with Crippen LogP contribution in [0.15, 0.2) is 97.2 Å². The van der Waals surface area contributed by atoms with Gasteiger partial charge in [-0.2, -0.15) is 0 Å². The van der Waals surface area contributed by atoms with E-state index < -0.39 is 32.5 Å². The van der Waals surface area contributed by atoms with Crippen LogP contribution in [0.1, 0.15) is 245 Å². The average molecular weight is 1050 g/mol. The molecule has 0 radical (unpaired) electrons. The maximum Gasteiger partial charge on any atom is 0.306 e. The van der Waals surface area contributed by atoms with Gasteiger partial charge in [0.2, 0.25) is 0 Å². The van der Waals surface area contributed by atoms with Crippen molar-refractivity contribution in [1.29, 1.82) is 0 Å². The Morgan fingerprint density at radius 1 is 0.432 bits per heavy atom. The summed E-state index contributed by atoms with van der Waals surface area (Å²) in [4.78, 5) is 37.8. The molecule has 9 nitrogen and oxygen atoms in total. The average Bonchev–Trinajstić information content (AvgIpc) is 3.36. The van der Waals surface area contributed by atoms with Crippen molar-refractivity contribution in [2.24, 2.45) is 0 Å². The molecular formula is C64H112NO8P. The standard InChI is InChI=1S/C64H112NO8P/c1-6-8-10-12-14-16-18-20-22-24-26-27-28-29-30-31-32-33-34-35-36-37-39-40-42-44-46-48-50-52-54-56-63(66)70-60-62(61-72-74(68,69)71-59-58-65(3,4)5)73-64(67)57-55-53-51-49-47-45-43-41-38-25-23-21-19-17-15-13-11-9-7-2/h9,11,15,17-18,20-21,23-24,26,38,41,45,47,51,53,62H,6-8,10,12-14,16,19,22,25,27-37,39-40,42-44,46,48-50,52,54-61H2,1-5H3/b11-9-,17-15-,20-18-,23-21-,26-24-,41-38-,47-45-,53-51-. The highest BCUT2D eigenvalue weighted by atomic mass is 31.2. The first-order valence-corrected chi connectivity index (χ1v) is 31.4. The van der Waals surface area contributed by atoms with Gasteiger partial charge >= 0.3 is 11.9 Å². The molecule has 0 heterocycles. The van der Waals surface area contributed by atoms with Crippen molar-refractivity contribution in [3.05, 3.63) is 97.2 Å². The monoisotopic (exact) mass is 1050 g/mol. The van der Waals surface area contributed by atoms with Gasteiger partial charge in [-0.1, -0.05) is 246 Å². The molecule has 0 aromatic heterocycles. The molecule has 0 aromatic carbocycles. The predicted octanol–water partition coefficient (Wildman–Crippen LogP) is 18.2. The van der Waals surface area contributed by atoms with E-state index >= 15 is 0 Å². The van der Waals surface area contributed by atoms with E-state index in [1.807, 2.05) is 33.3 Å². The van der Waals surface area contributed by atoms with Crippen LogP contribution in [-0.2, 0) is 32.7 Å². The molecule has 2 unspecified atom stereocenters. The number of unbranched alkanes of at least 4 members (excludes halogenated alkanes) is 24. The van der Waals surface area contributed by atoms with Crippen molar-refractivity contribution in [1.82, 2.24) is 0 Å². The van der Waals surface area contributed by atoms with E-state index in [-0.39, 0.29) is 26.1 Å². The molecule has 0 amide bonds. The molecule has 0 rings (SSSR count). The van der Waals surface area contributed by atoms with Crippen LogP contribution in [0.5, 0.6) is 0 Å². The molecule has 0 aliphatic carbocycles. The van der Waals surface area contributed by atoms with Crippen LogP contribution in [-0.4, -0.2) is 70.0 Å². The molecule has 0 fully saturated rings. The third-order valence-corrected chi connectivity index (χ3v) is 13.6. The number of carbonyl (C=O) groups excluding carboxylic acids is 2. The Bertz CT molecular complexity index is 1570. The van der Waals surface area contributed by atoms with Gasteiger partial charge in [0.15, 0.2) is 6.10 Å². The fourth-order valence-electron chi connectivity index (χ4n) is 8.01. The Morgan fingerprint density at radius 3 is 1.20 bits per heavy atom. The maximum atomic E-state index is 12.7. The summed E-state index contributed by atoms with van der Waals surface area (Å²) < 4.78 is 34.0. The number of hydrogen-bond acceptors (Lipinski definition) is 8. The number of likely N-dealkylation sites (N-methyl/N-ethyl adjacent to an activating group) is 1. The van der Waals surface area contributed by atoms with Crippen molar-refractivity contribution < 1.29 is 42.1 Å². The fourth-order valence-corrected chi connectivity index (χ4v) is 8.74. The number of nitrogens with zero attached hydrogens (tertiary/aromatic N) is 1. The van der Waals surface area contributed by atoms with Gasteiger partial charge in [-0.15, -0.1) is 0 Å². The Labute approximate surface area is 455 Å². The van der Waals surface area contributed by atoms with Crippen molar-refractivity contribution in [2.75, 3.05) is 47.5 Å². The van der Waals surface area contributed by atoms with Crippen molar-refractivity contribution >= 4 is 19.8 Å². The van der Waals surface area contributed by atoms with E-state index in [0.717, 1.165) is 64.2 Å². The lowest BCUT2D eigenvalue weighted by molar-refractivity contribution is -0.870. The smallest absolute Gasteiger partial charge is 0.306 e. The van der Waals surface area contributed by atoms with Crippen LogP contribution < -0.4 is 4.89 Å². The van der Waals surface area contributed by atoms with E-state index in [1.54, 1.807) is 0 Å². The first kappa shape index (κ1) is 70.9. The topological polar surface area (TPSA) is 111 Å². The van der Waals surface area contributed by atoms with E-state index in [0.29, 0.717) is 17.4 Å². The zero-order valence-electron chi connectivity index (χ0n) is 48.3. The summed E-state index contributed by atoms with van der Waals surface area (Å²) in [6.07, 6.45) is 74.9. The third kappa shape index (κ3) is 58.2. The van der Waals surface area contributed by atoms with E-state index in [2.05, 4.69) is 98.9 Å². The number of phosphoric acid groups is 1. The second-order valence-corrected chi connectivity index (χ2v) is 22.4. The summed E-state index contributed by atoms with van der Waals surface area (Å²) in [5.74, 6) is -0.931. The molecular weight excluding hydrogens is 942 g/mol. The Morgan fingerprint density at radius 2 is 0.797 bits per heavy atom. The van der Waals surface area contributed by atoms with Gasteiger partial charge in [0.05, 0.1) is 27.7 Å². The summed E-state index contributed by atoms with van der Waals surface area (Å²) in [6, 6.07) is 0. The minimum absolute atomic E-state index is 0.0481. The lowest BCUT2D eigenvalue weighted by Crippen LogP contribution is -2.37. The predicted molar refractivity (Wildman–Crippen MR) is 314 cm³/mol. The zero-order valence-corrected chi connectivity index (χ0v) is 49.2. The number of carbonyl (C=O) groups is 2. The van der Waals surface area contributed by atoms with Gasteiger partial charge in [0.1, 0.15) is 19.8 Å². The molecule has 0 spiro atoms. The Balaban J connectivity index is 4.15. The van der Waals surface area contributed by atoms with Crippen molar-refractivity contribution in [3.63, 3.8) is 0 Å². The van der Waals surface area contributed by atoms with Crippen molar-refractivity contribution in [2.45, 2.75) is 251 Å². The van der Waals surface area contributed by atoms with Crippen LogP contribution in [0.4, 0.5) is 0 Å². The molecule has 0 bridgehead atoms. The summed E-state index contributed by atoms with van der Waals surface area (Å²) in [7, 11) is 1.11. The van der Waals surface area contributed by atoms with Gasteiger partial charge in [-0.25, -0.2) is 0 Å². The number of allylic oxidation sites excluding steroid dienone is 16. The second kappa shape index (κ2) is 54.7. The zero-order chi connectivity index (χ0) is 54.2. The molecule has 10 heteroatoms. The molecule has 0 N–H and O–H groups in total. The second-order valence-electron chi connectivity index (χ2n) is 21.0. The number of rotatable bonds is 54. The summed E-state index contributed by atoms with van der Waals surface area (Å²) in [5.41, 5.74) is 0. The molecule has 0 saturated carbocycles. The van der Waals surface area contributed by atoms with Gasteiger partial charge in [-0.05, 0) is 83.5 Å². The molecule has 426 valence electrons. The highest BCUT2D eigenvalue weighted by Gasteiger charge is 2.21. The van der Waals surface area contributed by atoms with Gasteiger partial charge in [-0.3, -0.25) is 14.2 Å². The fraction of sp³-hybridized carbons (Fsp3) is 0.719. The quantitative estimate of drug-likeness (QED) is 0.0195. The normalized spacial score (nSPS) is 14.0. The Hall–Kier alpha value is -3.07. The lowest BCUT2D eigenvalue weighted by Gasteiger charge is -2.28. The van der Waals surface area contributed by atoms with E-state index in [4.69, 9.17) is 18.5 Å². The summed E-state index contributed by atoms with van der Waals surface area (Å²) >= 11 is 0. The molecule has 0 aliphatic rings. The number of quaternary nitrogens is 1.